The van der Waals surface area contributed by atoms with E-state index in [9.17, 15) is 31.1 Å². The number of anilines is 1. The quantitative estimate of drug-likeness (QED) is 0.457. The van der Waals surface area contributed by atoms with Gasteiger partial charge < -0.3 is 9.73 Å². The zero-order chi connectivity index (χ0) is 21.4. The molecular weight excluding hydrogens is 424 g/mol. The summed E-state index contributed by atoms with van der Waals surface area (Å²) in [4.78, 5) is 12.4. The maximum absolute atomic E-state index is 13.3. The van der Waals surface area contributed by atoms with Crippen molar-refractivity contribution in [3.05, 3.63) is 76.5 Å². The summed E-state index contributed by atoms with van der Waals surface area (Å²) in [6.45, 7) is 0. The summed E-state index contributed by atoms with van der Waals surface area (Å²) in [5.74, 6) is -3.07. The number of hydrogen-bond donors (Lipinski definition) is 1. The van der Waals surface area contributed by atoms with Crippen molar-refractivity contribution in [1.29, 1.82) is 0 Å². The topological polar surface area (TPSA) is 42.2 Å². The molecule has 1 aromatic heterocycles. The van der Waals surface area contributed by atoms with Crippen LogP contribution in [0.15, 0.2) is 59.0 Å². The minimum atomic E-state index is -4.99. The molecule has 0 bridgehead atoms. The van der Waals surface area contributed by atoms with E-state index in [1.54, 1.807) is 0 Å². The highest BCUT2D eigenvalue weighted by Gasteiger charge is 2.40. The van der Waals surface area contributed by atoms with Crippen LogP contribution < -0.4 is 5.32 Å². The second-order valence-corrected chi connectivity index (χ2v) is 6.33. The third-order valence-electron chi connectivity index (χ3n) is 3.81. The molecule has 0 atom stereocenters. The lowest BCUT2D eigenvalue weighted by Crippen LogP contribution is -2.17. The van der Waals surface area contributed by atoms with Gasteiger partial charge in [-0.1, -0.05) is 17.7 Å². The summed E-state index contributed by atoms with van der Waals surface area (Å²) in [5.41, 5.74) is -1.99. The van der Waals surface area contributed by atoms with Gasteiger partial charge in [0.25, 0.3) is 5.91 Å². The Balaban J connectivity index is 1.97. The average molecular weight is 434 g/mol. The van der Waals surface area contributed by atoms with E-state index >= 15 is 0 Å². The van der Waals surface area contributed by atoms with Gasteiger partial charge in [-0.3, -0.25) is 4.79 Å². The molecule has 0 aliphatic rings. The molecule has 0 unspecified atom stereocenters. The molecule has 1 heterocycles. The SMILES string of the molecule is O=C(Nc1cccc(C(F)(F)F)c1)c1cc(-c2ccc(Cl)cc2)oc1C(F)(F)F. The predicted molar refractivity (Wildman–Crippen MR) is 93.6 cm³/mol. The maximum Gasteiger partial charge on any atom is 0.450 e. The monoisotopic (exact) mass is 433 g/mol. The lowest BCUT2D eigenvalue weighted by Gasteiger charge is -2.10. The lowest BCUT2D eigenvalue weighted by atomic mass is 10.1. The molecule has 10 heteroatoms. The highest BCUT2D eigenvalue weighted by Crippen LogP contribution is 2.38. The molecule has 0 saturated heterocycles. The van der Waals surface area contributed by atoms with E-state index in [2.05, 4.69) is 0 Å². The molecule has 3 aromatic rings. The van der Waals surface area contributed by atoms with Gasteiger partial charge in [-0.25, -0.2) is 0 Å². The van der Waals surface area contributed by atoms with Crippen LogP contribution in [0, 0.1) is 0 Å². The molecule has 0 radical (unpaired) electrons. The summed E-state index contributed by atoms with van der Waals surface area (Å²) in [6.07, 6.45) is -9.67. The van der Waals surface area contributed by atoms with Gasteiger partial charge in [-0.2, -0.15) is 26.3 Å². The second kappa shape index (κ2) is 7.47. The van der Waals surface area contributed by atoms with Crippen LogP contribution in [0.5, 0.6) is 0 Å². The Kier molecular flexibility index (Phi) is 5.36. The Hall–Kier alpha value is -2.94. The molecule has 152 valence electrons. The van der Waals surface area contributed by atoms with Crippen molar-refractivity contribution in [3.63, 3.8) is 0 Å². The Labute approximate surface area is 164 Å². The van der Waals surface area contributed by atoms with Crippen molar-refractivity contribution >= 4 is 23.2 Å². The zero-order valence-corrected chi connectivity index (χ0v) is 14.9. The van der Waals surface area contributed by atoms with Crippen molar-refractivity contribution in [1.82, 2.24) is 0 Å². The van der Waals surface area contributed by atoms with Crippen LogP contribution in [0.4, 0.5) is 32.0 Å². The molecule has 29 heavy (non-hydrogen) atoms. The third-order valence-corrected chi connectivity index (χ3v) is 4.06. The minimum Gasteiger partial charge on any atom is -0.451 e. The summed E-state index contributed by atoms with van der Waals surface area (Å²) < 4.78 is 83.1. The van der Waals surface area contributed by atoms with Gasteiger partial charge in [0.1, 0.15) is 5.76 Å². The predicted octanol–water partition coefficient (Wildman–Crippen LogP) is 6.89. The standard InChI is InChI=1S/C19H10ClF6NO2/c20-12-6-4-10(5-7-12)15-9-14(16(29-15)19(24,25)26)17(28)27-13-3-1-2-11(8-13)18(21,22)23/h1-9H,(H,27,28). The highest BCUT2D eigenvalue weighted by molar-refractivity contribution is 6.30. The van der Waals surface area contributed by atoms with E-state index in [1.807, 2.05) is 5.32 Å². The largest absolute Gasteiger partial charge is 0.451 e. The number of furan rings is 1. The molecule has 1 amide bonds. The number of rotatable bonds is 3. The smallest absolute Gasteiger partial charge is 0.450 e. The highest BCUT2D eigenvalue weighted by atomic mass is 35.5. The average Bonchev–Trinajstić information content (AvgIpc) is 3.08. The Morgan fingerprint density at radius 2 is 1.55 bits per heavy atom. The number of carbonyl (C=O) groups excluding carboxylic acids is 1. The number of hydrogen-bond acceptors (Lipinski definition) is 2. The van der Waals surface area contributed by atoms with Crippen LogP contribution in [0.3, 0.4) is 0 Å². The van der Waals surface area contributed by atoms with E-state index in [0.29, 0.717) is 11.1 Å². The Morgan fingerprint density at radius 1 is 0.897 bits per heavy atom. The minimum absolute atomic E-state index is 0.234. The molecule has 3 nitrogen and oxygen atoms in total. The fraction of sp³-hybridized carbons (Fsp3) is 0.105. The summed E-state index contributed by atoms with van der Waals surface area (Å²) >= 11 is 5.74. The maximum atomic E-state index is 13.3. The van der Waals surface area contributed by atoms with E-state index < -0.39 is 35.1 Å². The first-order valence-electron chi connectivity index (χ1n) is 7.91. The van der Waals surface area contributed by atoms with E-state index in [-0.39, 0.29) is 17.0 Å². The van der Waals surface area contributed by atoms with Gasteiger partial charge in [0.15, 0.2) is 0 Å². The van der Waals surface area contributed by atoms with Crippen molar-refractivity contribution in [2.75, 3.05) is 5.32 Å². The van der Waals surface area contributed by atoms with E-state index in [0.717, 1.165) is 24.3 Å². The van der Waals surface area contributed by atoms with Crippen molar-refractivity contribution in [2.45, 2.75) is 12.4 Å². The van der Waals surface area contributed by atoms with Crippen LogP contribution in [-0.4, -0.2) is 5.91 Å². The first kappa shape index (κ1) is 20.8. The molecular formula is C19H10ClF6NO2. The fourth-order valence-corrected chi connectivity index (χ4v) is 2.62. The van der Waals surface area contributed by atoms with E-state index in [4.69, 9.17) is 16.0 Å². The van der Waals surface area contributed by atoms with Gasteiger partial charge in [-0.15, -0.1) is 0 Å². The summed E-state index contributed by atoms with van der Waals surface area (Å²) in [7, 11) is 0. The molecule has 0 aliphatic heterocycles. The van der Waals surface area contributed by atoms with Gasteiger partial charge in [0, 0.05) is 16.3 Å². The second-order valence-electron chi connectivity index (χ2n) is 5.89. The van der Waals surface area contributed by atoms with Crippen molar-refractivity contribution in [2.24, 2.45) is 0 Å². The van der Waals surface area contributed by atoms with Gasteiger partial charge in [0.05, 0.1) is 11.1 Å². The molecule has 2 aromatic carbocycles. The first-order chi connectivity index (χ1) is 13.4. The van der Waals surface area contributed by atoms with Gasteiger partial charge in [-0.05, 0) is 48.5 Å². The van der Waals surface area contributed by atoms with Crippen LogP contribution in [0.2, 0.25) is 5.02 Å². The Bertz CT molecular complexity index is 1040. The number of alkyl halides is 6. The molecule has 0 fully saturated rings. The lowest BCUT2D eigenvalue weighted by molar-refractivity contribution is -0.153. The number of halogens is 7. The zero-order valence-electron chi connectivity index (χ0n) is 14.2. The molecule has 3 rings (SSSR count). The number of carbonyl (C=O) groups is 1. The summed E-state index contributed by atoms with van der Waals surface area (Å²) in [6, 6.07) is 10.1. The Morgan fingerprint density at radius 3 is 2.14 bits per heavy atom. The normalized spacial score (nSPS) is 12.1. The van der Waals surface area contributed by atoms with Crippen LogP contribution in [-0.2, 0) is 12.4 Å². The van der Waals surface area contributed by atoms with Crippen LogP contribution in [0.25, 0.3) is 11.3 Å². The number of nitrogens with one attached hydrogen (secondary N) is 1. The molecule has 0 saturated carbocycles. The van der Waals surface area contributed by atoms with Crippen molar-refractivity contribution < 1.29 is 35.6 Å². The summed E-state index contributed by atoms with van der Waals surface area (Å²) in [5, 5.41) is 2.38. The third kappa shape index (κ3) is 4.73. The van der Waals surface area contributed by atoms with Crippen LogP contribution >= 0.6 is 11.6 Å². The molecule has 0 spiro atoms. The van der Waals surface area contributed by atoms with Crippen molar-refractivity contribution in [3.8, 4) is 11.3 Å². The van der Waals surface area contributed by atoms with E-state index in [1.165, 1.54) is 24.3 Å². The van der Waals surface area contributed by atoms with Gasteiger partial charge in [0.2, 0.25) is 5.76 Å². The fourth-order valence-electron chi connectivity index (χ4n) is 2.50. The number of amides is 1. The first-order valence-corrected chi connectivity index (χ1v) is 8.28. The molecule has 1 N–H and O–H groups in total. The molecule has 0 aliphatic carbocycles. The van der Waals surface area contributed by atoms with Crippen LogP contribution in [0.1, 0.15) is 21.7 Å². The number of benzene rings is 2. The van der Waals surface area contributed by atoms with Gasteiger partial charge >= 0.3 is 12.4 Å².